The Bertz CT molecular complexity index is 118. The minimum absolute atomic E-state index is 0.741. The van der Waals surface area contributed by atoms with Crippen molar-refractivity contribution in [2.75, 3.05) is 0 Å². The maximum absolute atomic E-state index is 3.37. The van der Waals surface area contributed by atoms with Gasteiger partial charge in [-0.1, -0.05) is 26.3 Å². The molecule has 0 aromatic heterocycles. The van der Waals surface area contributed by atoms with Crippen LogP contribution in [0.5, 0.6) is 0 Å². The van der Waals surface area contributed by atoms with Crippen LogP contribution in [0.15, 0.2) is 12.3 Å². The van der Waals surface area contributed by atoms with E-state index in [0.717, 1.165) is 12.0 Å². The highest BCUT2D eigenvalue weighted by Crippen LogP contribution is 2.14. The molecule has 2 unspecified atom stereocenters. The molecule has 0 radical (unpaired) electrons. The lowest BCUT2D eigenvalue weighted by Crippen LogP contribution is -2.29. The third-order valence-electron chi connectivity index (χ3n) is 2.05. The molecule has 10 heavy (non-hydrogen) atoms. The summed E-state index contributed by atoms with van der Waals surface area (Å²) in [5.74, 6) is 0.776. The first-order valence-electron chi connectivity index (χ1n) is 4.25. The molecule has 0 saturated carbocycles. The van der Waals surface area contributed by atoms with E-state index >= 15 is 0 Å². The second-order valence-electron chi connectivity index (χ2n) is 3.22. The fourth-order valence-electron chi connectivity index (χ4n) is 1.50. The number of rotatable bonds is 2. The Kier molecular flexibility index (Phi) is 2.79. The first-order valence-corrected chi connectivity index (χ1v) is 4.25. The molecule has 0 aliphatic carbocycles. The summed E-state index contributed by atoms with van der Waals surface area (Å²) in [6, 6.07) is 0.741. The SMILES string of the molecule is CCCC1CC(C)C=CN1. The molecule has 0 bridgehead atoms. The highest BCUT2D eigenvalue weighted by Gasteiger charge is 2.11. The van der Waals surface area contributed by atoms with Crippen LogP contribution >= 0.6 is 0 Å². The molecule has 1 aliphatic rings. The van der Waals surface area contributed by atoms with Crippen molar-refractivity contribution in [3.63, 3.8) is 0 Å². The smallest absolute Gasteiger partial charge is 0.0261 e. The summed E-state index contributed by atoms with van der Waals surface area (Å²) in [7, 11) is 0. The summed E-state index contributed by atoms with van der Waals surface area (Å²) < 4.78 is 0. The predicted octanol–water partition coefficient (Wildman–Crippen LogP) is 2.30. The van der Waals surface area contributed by atoms with Crippen LogP contribution in [0.3, 0.4) is 0 Å². The zero-order valence-electron chi connectivity index (χ0n) is 6.93. The number of nitrogens with one attached hydrogen (secondary N) is 1. The van der Waals surface area contributed by atoms with E-state index in [1.54, 1.807) is 0 Å². The van der Waals surface area contributed by atoms with Gasteiger partial charge in [0.15, 0.2) is 0 Å². The van der Waals surface area contributed by atoms with Crippen molar-refractivity contribution in [3.8, 4) is 0 Å². The molecule has 58 valence electrons. The zero-order valence-corrected chi connectivity index (χ0v) is 6.93. The van der Waals surface area contributed by atoms with Gasteiger partial charge in [-0.3, -0.25) is 0 Å². The molecule has 0 amide bonds. The van der Waals surface area contributed by atoms with Gasteiger partial charge in [-0.15, -0.1) is 0 Å². The predicted molar refractivity (Wildman–Crippen MR) is 44.8 cm³/mol. The van der Waals surface area contributed by atoms with Crippen LogP contribution in [0, 0.1) is 5.92 Å². The van der Waals surface area contributed by atoms with Crippen LogP contribution in [0.4, 0.5) is 0 Å². The maximum atomic E-state index is 3.37. The fourth-order valence-corrected chi connectivity index (χ4v) is 1.50. The van der Waals surface area contributed by atoms with Crippen LogP contribution in [0.25, 0.3) is 0 Å². The lowest BCUT2D eigenvalue weighted by Gasteiger charge is -2.23. The molecule has 0 spiro atoms. The summed E-state index contributed by atoms with van der Waals surface area (Å²) >= 11 is 0. The molecule has 1 heterocycles. The minimum Gasteiger partial charge on any atom is -0.388 e. The van der Waals surface area contributed by atoms with Gasteiger partial charge in [0.2, 0.25) is 0 Å². The van der Waals surface area contributed by atoms with Crippen molar-refractivity contribution < 1.29 is 0 Å². The Morgan fingerprint density at radius 2 is 2.40 bits per heavy atom. The van der Waals surface area contributed by atoms with Crippen LogP contribution < -0.4 is 5.32 Å². The van der Waals surface area contributed by atoms with Gasteiger partial charge in [0, 0.05) is 6.04 Å². The summed E-state index contributed by atoms with van der Waals surface area (Å²) in [5, 5.41) is 3.37. The Balaban J connectivity index is 2.29. The van der Waals surface area contributed by atoms with Crippen LogP contribution in [0.2, 0.25) is 0 Å². The number of hydrogen-bond acceptors (Lipinski definition) is 1. The van der Waals surface area contributed by atoms with E-state index in [0.29, 0.717) is 0 Å². The number of hydrogen-bond donors (Lipinski definition) is 1. The molecule has 2 atom stereocenters. The second-order valence-corrected chi connectivity index (χ2v) is 3.22. The van der Waals surface area contributed by atoms with Crippen LogP contribution in [-0.4, -0.2) is 6.04 Å². The van der Waals surface area contributed by atoms with Crippen molar-refractivity contribution in [1.82, 2.24) is 5.32 Å². The van der Waals surface area contributed by atoms with Gasteiger partial charge in [-0.05, 0) is 25.0 Å². The van der Waals surface area contributed by atoms with Crippen molar-refractivity contribution in [3.05, 3.63) is 12.3 Å². The largest absolute Gasteiger partial charge is 0.388 e. The van der Waals surface area contributed by atoms with Gasteiger partial charge in [-0.2, -0.15) is 0 Å². The van der Waals surface area contributed by atoms with E-state index in [1.165, 1.54) is 19.3 Å². The molecule has 0 aromatic rings. The Hall–Kier alpha value is -0.460. The Labute approximate surface area is 63.5 Å². The average molecular weight is 139 g/mol. The summed E-state index contributed by atoms with van der Waals surface area (Å²) in [4.78, 5) is 0. The first-order chi connectivity index (χ1) is 4.83. The van der Waals surface area contributed by atoms with Gasteiger partial charge in [0.1, 0.15) is 0 Å². The zero-order chi connectivity index (χ0) is 7.40. The van der Waals surface area contributed by atoms with Crippen molar-refractivity contribution in [2.24, 2.45) is 5.92 Å². The van der Waals surface area contributed by atoms with Crippen molar-refractivity contribution in [2.45, 2.75) is 39.2 Å². The molecule has 1 rings (SSSR count). The standard InChI is InChI=1S/C9H17N/c1-3-4-9-7-8(2)5-6-10-9/h5-6,8-10H,3-4,7H2,1-2H3. The molecule has 0 saturated heterocycles. The summed E-state index contributed by atoms with van der Waals surface area (Å²) in [6.45, 7) is 4.52. The molecule has 0 aromatic carbocycles. The third-order valence-corrected chi connectivity index (χ3v) is 2.05. The molecule has 1 nitrogen and oxygen atoms in total. The monoisotopic (exact) mass is 139 g/mol. The normalized spacial score (nSPS) is 31.8. The fraction of sp³-hybridized carbons (Fsp3) is 0.778. The molecule has 1 aliphatic heterocycles. The van der Waals surface area contributed by atoms with E-state index in [2.05, 4.69) is 31.4 Å². The van der Waals surface area contributed by atoms with E-state index in [1.807, 2.05) is 0 Å². The first kappa shape index (κ1) is 7.64. The highest BCUT2D eigenvalue weighted by atomic mass is 14.9. The topological polar surface area (TPSA) is 12.0 Å². The summed E-state index contributed by atoms with van der Waals surface area (Å²) in [6.07, 6.45) is 8.26. The quantitative estimate of drug-likeness (QED) is 0.619. The number of allylic oxidation sites excluding steroid dienone is 1. The Morgan fingerprint density at radius 1 is 1.60 bits per heavy atom. The van der Waals surface area contributed by atoms with Crippen LogP contribution in [0.1, 0.15) is 33.1 Å². The van der Waals surface area contributed by atoms with E-state index in [4.69, 9.17) is 0 Å². The van der Waals surface area contributed by atoms with Crippen LogP contribution in [-0.2, 0) is 0 Å². The molecular formula is C9H17N. The molecule has 1 N–H and O–H groups in total. The molecule has 0 fully saturated rings. The lowest BCUT2D eigenvalue weighted by atomic mass is 9.96. The highest BCUT2D eigenvalue weighted by molar-refractivity contribution is 4.94. The van der Waals surface area contributed by atoms with Gasteiger partial charge in [0.05, 0.1) is 0 Å². The van der Waals surface area contributed by atoms with Crippen molar-refractivity contribution >= 4 is 0 Å². The lowest BCUT2D eigenvalue weighted by molar-refractivity contribution is 0.429. The Morgan fingerprint density at radius 3 is 3.00 bits per heavy atom. The van der Waals surface area contributed by atoms with E-state index in [9.17, 15) is 0 Å². The minimum atomic E-state index is 0.741. The average Bonchev–Trinajstić information content (AvgIpc) is 1.88. The van der Waals surface area contributed by atoms with Crippen molar-refractivity contribution in [1.29, 1.82) is 0 Å². The third kappa shape index (κ3) is 2.05. The molecular weight excluding hydrogens is 122 g/mol. The summed E-state index contributed by atoms with van der Waals surface area (Å²) in [5.41, 5.74) is 0. The molecule has 1 heteroatoms. The van der Waals surface area contributed by atoms with Gasteiger partial charge in [-0.25, -0.2) is 0 Å². The van der Waals surface area contributed by atoms with Gasteiger partial charge >= 0.3 is 0 Å². The van der Waals surface area contributed by atoms with E-state index < -0.39 is 0 Å². The van der Waals surface area contributed by atoms with Gasteiger partial charge < -0.3 is 5.32 Å². The van der Waals surface area contributed by atoms with E-state index in [-0.39, 0.29) is 0 Å². The second kappa shape index (κ2) is 3.65. The van der Waals surface area contributed by atoms with Gasteiger partial charge in [0.25, 0.3) is 0 Å². The maximum Gasteiger partial charge on any atom is 0.0261 e.